The molecular weight excluding hydrogens is 242 g/mol. The number of nitrogens with two attached hydrogens (primary N) is 1. The SMILES string of the molecule is CCN(CC(C)(C)O)c1ncnc(NN)c1C(C)C. The van der Waals surface area contributed by atoms with Crippen LogP contribution in [0.2, 0.25) is 0 Å². The summed E-state index contributed by atoms with van der Waals surface area (Å²) in [5, 5.41) is 10.0. The molecule has 1 aromatic rings. The number of aliphatic hydroxyl groups is 1. The zero-order valence-corrected chi connectivity index (χ0v) is 12.4. The normalized spacial score (nSPS) is 11.8. The molecule has 0 spiro atoms. The number of nitrogen functional groups attached to an aromatic ring is 1. The topological polar surface area (TPSA) is 87.3 Å². The molecule has 4 N–H and O–H groups in total. The monoisotopic (exact) mass is 267 g/mol. The molecule has 0 radical (unpaired) electrons. The summed E-state index contributed by atoms with van der Waals surface area (Å²) in [6.45, 7) is 11.0. The van der Waals surface area contributed by atoms with Crippen LogP contribution in [0.1, 0.15) is 46.1 Å². The third kappa shape index (κ3) is 4.04. The molecular formula is C13H25N5O. The van der Waals surface area contributed by atoms with E-state index >= 15 is 0 Å². The van der Waals surface area contributed by atoms with Crippen molar-refractivity contribution in [2.24, 2.45) is 5.84 Å². The van der Waals surface area contributed by atoms with Gasteiger partial charge in [0.05, 0.1) is 5.60 Å². The highest BCUT2D eigenvalue weighted by Crippen LogP contribution is 2.30. The van der Waals surface area contributed by atoms with Gasteiger partial charge in [0.15, 0.2) is 0 Å². The van der Waals surface area contributed by atoms with Gasteiger partial charge in [-0.2, -0.15) is 0 Å². The Kier molecular flexibility index (Phi) is 5.08. The zero-order chi connectivity index (χ0) is 14.6. The molecule has 1 aromatic heterocycles. The molecule has 108 valence electrons. The molecule has 0 aliphatic heterocycles. The fourth-order valence-corrected chi connectivity index (χ4v) is 2.09. The average molecular weight is 267 g/mol. The molecule has 1 rings (SSSR count). The molecule has 0 saturated carbocycles. The maximum Gasteiger partial charge on any atom is 0.148 e. The first-order valence-corrected chi connectivity index (χ1v) is 6.59. The van der Waals surface area contributed by atoms with E-state index in [0.29, 0.717) is 12.4 Å². The molecule has 0 fully saturated rings. The van der Waals surface area contributed by atoms with Crippen molar-refractivity contribution in [1.82, 2.24) is 9.97 Å². The van der Waals surface area contributed by atoms with E-state index in [1.165, 1.54) is 6.33 Å². The summed E-state index contributed by atoms with van der Waals surface area (Å²) in [6.07, 6.45) is 1.49. The van der Waals surface area contributed by atoms with Gasteiger partial charge in [-0.05, 0) is 26.7 Å². The quantitative estimate of drug-likeness (QED) is 0.534. The molecule has 19 heavy (non-hydrogen) atoms. The van der Waals surface area contributed by atoms with Crippen LogP contribution in [0.5, 0.6) is 0 Å². The third-order valence-electron chi connectivity index (χ3n) is 2.84. The van der Waals surface area contributed by atoms with Crippen LogP contribution in [-0.4, -0.2) is 33.8 Å². The summed E-state index contributed by atoms with van der Waals surface area (Å²) >= 11 is 0. The molecule has 0 amide bonds. The van der Waals surface area contributed by atoms with E-state index in [0.717, 1.165) is 17.9 Å². The van der Waals surface area contributed by atoms with E-state index in [4.69, 9.17) is 5.84 Å². The minimum absolute atomic E-state index is 0.234. The van der Waals surface area contributed by atoms with Crippen molar-refractivity contribution in [3.63, 3.8) is 0 Å². The molecule has 0 saturated heterocycles. The van der Waals surface area contributed by atoms with Gasteiger partial charge in [-0.25, -0.2) is 15.8 Å². The van der Waals surface area contributed by atoms with Gasteiger partial charge in [-0.15, -0.1) is 0 Å². The average Bonchev–Trinajstić information content (AvgIpc) is 2.33. The highest BCUT2D eigenvalue weighted by Gasteiger charge is 2.23. The summed E-state index contributed by atoms with van der Waals surface area (Å²) in [6, 6.07) is 0. The lowest BCUT2D eigenvalue weighted by atomic mass is 10.0. The summed E-state index contributed by atoms with van der Waals surface area (Å²) in [5.74, 6) is 7.21. The molecule has 0 aromatic carbocycles. The van der Waals surface area contributed by atoms with Gasteiger partial charge in [0.2, 0.25) is 0 Å². The number of hydrogen-bond donors (Lipinski definition) is 3. The second-order valence-corrected chi connectivity index (χ2v) is 5.59. The minimum atomic E-state index is -0.786. The highest BCUT2D eigenvalue weighted by atomic mass is 16.3. The number of hydrogen-bond acceptors (Lipinski definition) is 6. The van der Waals surface area contributed by atoms with Gasteiger partial charge in [0.1, 0.15) is 18.0 Å². The molecule has 6 nitrogen and oxygen atoms in total. The van der Waals surface area contributed by atoms with Crippen molar-refractivity contribution in [3.05, 3.63) is 11.9 Å². The van der Waals surface area contributed by atoms with Crippen LogP contribution in [-0.2, 0) is 0 Å². The van der Waals surface area contributed by atoms with E-state index in [-0.39, 0.29) is 5.92 Å². The fraction of sp³-hybridized carbons (Fsp3) is 0.692. The lowest BCUT2D eigenvalue weighted by Crippen LogP contribution is -2.39. The highest BCUT2D eigenvalue weighted by molar-refractivity contribution is 5.60. The van der Waals surface area contributed by atoms with Crippen molar-refractivity contribution in [1.29, 1.82) is 0 Å². The van der Waals surface area contributed by atoms with E-state index in [9.17, 15) is 5.11 Å². The Hall–Kier alpha value is -1.40. The van der Waals surface area contributed by atoms with Gasteiger partial charge in [-0.1, -0.05) is 13.8 Å². The predicted octanol–water partition coefficient (Wildman–Crippen LogP) is 1.48. The van der Waals surface area contributed by atoms with Gasteiger partial charge in [-0.3, -0.25) is 0 Å². The lowest BCUT2D eigenvalue weighted by molar-refractivity contribution is 0.0873. The number of rotatable bonds is 6. The molecule has 0 atom stereocenters. The van der Waals surface area contributed by atoms with Crippen molar-refractivity contribution >= 4 is 11.6 Å². The molecule has 6 heteroatoms. The van der Waals surface area contributed by atoms with Gasteiger partial charge >= 0.3 is 0 Å². The predicted molar refractivity (Wildman–Crippen MR) is 78.1 cm³/mol. The number of hydrazine groups is 1. The molecule has 1 heterocycles. The van der Waals surface area contributed by atoms with E-state index in [1.54, 1.807) is 13.8 Å². The first-order chi connectivity index (χ1) is 8.80. The number of aromatic nitrogens is 2. The third-order valence-corrected chi connectivity index (χ3v) is 2.84. The van der Waals surface area contributed by atoms with Crippen molar-refractivity contribution in [3.8, 4) is 0 Å². The standard InChI is InChI=1S/C13H25N5O/c1-6-18(7-13(4,5)19)12-10(9(2)3)11(17-14)15-8-16-12/h8-9,19H,6-7,14H2,1-5H3,(H,15,16,17). The van der Waals surface area contributed by atoms with Crippen molar-refractivity contribution < 1.29 is 5.11 Å². The van der Waals surface area contributed by atoms with Gasteiger partial charge < -0.3 is 15.4 Å². The first kappa shape index (κ1) is 15.7. The second-order valence-electron chi connectivity index (χ2n) is 5.59. The molecule has 0 aliphatic carbocycles. The Labute approximate surface area is 115 Å². The zero-order valence-electron chi connectivity index (χ0n) is 12.4. The summed E-state index contributed by atoms with van der Waals surface area (Å²) < 4.78 is 0. The smallest absolute Gasteiger partial charge is 0.148 e. The molecule has 0 unspecified atom stereocenters. The fourth-order valence-electron chi connectivity index (χ4n) is 2.09. The lowest BCUT2D eigenvalue weighted by Gasteiger charge is -2.31. The molecule has 0 bridgehead atoms. The Morgan fingerprint density at radius 2 is 2.05 bits per heavy atom. The Bertz CT molecular complexity index is 414. The van der Waals surface area contributed by atoms with Crippen LogP contribution in [0.25, 0.3) is 0 Å². The van der Waals surface area contributed by atoms with Crippen LogP contribution in [0.4, 0.5) is 11.6 Å². The first-order valence-electron chi connectivity index (χ1n) is 6.59. The minimum Gasteiger partial charge on any atom is -0.389 e. The number of nitrogens with zero attached hydrogens (tertiary/aromatic N) is 3. The van der Waals surface area contributed by atoms with Crippen LogP contribution >= 0.6 is 0 Å². The van der Waals surface area contributed by atoms with Crippen LogP contribution < -0.4 is 16.2 Å². The Morgan fingerprint density at radius 1 is 1.42 bits per heavy atom. The van der Waals surface area contributed by atoms with Crippen LogP contribution in [0.15, 0.2) is 6.33 Å². The summed E-state index contributed by atoms with van der Waals surface area (Å²) in [7, 11) is 0. The number of likely N-dealkylation sites (N-methyl/N-ethyl adjacent to an activating group) is 1. The van der Waals surface area contributed by atoms with Crippen molar-refractivity contribution in [2.75, 3.05) is 23.4 Å². The summed E-state index contributed by atoms with van der Waals surface area (Å²) in [5.41, 5.74) is 2.80. The Morgan fingerprint density at radius 3 is 2.47 bits per heavy atom. The van der Waals surface area contributed by atoms with E-state index < -0.39 is 5.60 Å². The van der Waals surface area contributed by atoms with E-state index in [1.807, 2.05) is 11.8 Å². The maximum atomic E-state index is 10.0. The van der Waals surface area contributed by atoms with Crippen LogP contribution in [0, 0.1) is 0 Å². The van der Waals surface area contributed by atoms with Crippen molar-refractivity contribution in [2.45, 2.75) is 46.1 Å². The Balaban J connectivity index is 3.23. The van der Waals surface area contributed by atoms with E-state index in [2.05, 4.69) is 29.2 Å². The summed E-state index contributed by atoms with van der Waals surface area (Å²) in [4.78, 5) is 10.6. The number of nitrogens with one attached hydrogen (secondary N) is 1. The molecule has 0 aliphatic rings. The van der Waals surface area contributed by atoms with Gasteiger partial charge in [0, 0.05) is 18.7 Å². The number of anilines is 2. The maximum absolute atomic E-state index is 10.0. The van der Waals surface area contributed by atoms with Crippen LogP contribution in [0.3, 0.4) is 0 Å². The second kappa shape index (κ2) is 6.16. The van der Waals surface area contributed by atoms with Gasteiger partial charge in [0.25, 0.3) is 0 Å². The largest absolute Gasteiger partial charge is 0.389 e.